The van der Waals surface area contributed by atoms with Crippen molar-refractivity contribution in [2.24, 2.45) is 5.92 Å². The van der Waals surface area contributed by atoms with Crippen molar-refractivity contribution in [2.75, 3.05) is 6.54 Å². The maximum absolute atomic E-state index is 13.4. The SMILES string of the molecule is Cc1cccc2c1nc(COc1ccc(Cl)cc1)n2CCC(C)C(=O)C1NCCc2ccccc21. The van der Waals surface area contributed by atoms with E-state index in [1.165, 1.54) is 5.56 Å². The van der Waals surface area contributed by atoms with Crippen molar-refractivity contribution in [3.63, 3.8) is 0 Å². The molecule has 35 heavy (non-hydrogen) atoms. The van der Waals surface area contributed by atoms with Crippen molar-refractivity contribution in [3.05, 3.63) is 94.3 Å². The number of nitrogens with one attached hydrogen (secondary N) is 1. The summed E-state index contributed by atoms with van der Waals surface area (Å²) in [4.78, 5) is 18.3. The Bertz CT molecular complexity index is 1350. The standard InChI is InChI=1S/C29H30ClN3O2/c1-19-6-5-9-25-27(19)32-26(18-35-23-12-10-22(30)11-13-23)33(25)17-15-20(2)29(34)28-24-8-4-3-7-21(24)14-16-31-28/h3-13,20,28,31H,14-18H2,1-2H3. The summed E-state index contributed by atoms with van der Waals surface area (Å²) in [6.07, 6.45) is 1.69. The van der Waals surface area contributed by atoms with Crippen LogP contribution in [0.15, 0.2) is 66.7 Å². The fourth-order valence-electron chi connectivity index (χ4n) is 4.88. The number of benzene rings is 3. The first kappa shape index (κ1) is 23.6. The Morgan fingerprint density at radius 1 is 1.14 bits per heavy atom. The van der Waals surface area contributed by atoms with Gasteiger partial charge in [-0.25, -0.2) is 4.98 Å². The lowest BCUT2D eigenvalue weighted by atomic mass is 9.86. The number of aryl methyl sites for hydroxylation is 2. The summed E-state index contributed by atoms with van der Waals surface area (Å²) in [6.45, 7) is 5.98. The molecule has 0 bridgehead atoms. The Morgan fingerprint density at radius 2 is 1.94 bits per heavy atom. The number of Topliss-reactive ketones (excluding diaryl/α,β-unsaturated/α-hetero) is 1. The van der Waals surface area contributed by atoms with Crippen LogP contribution in [0.1, 0.15) is 41.9 Å². The molecule has 5 nitrogen and oxygen atoms in total. The number of para-hydroxylation sites is 1. The second kappa shape index (κ2) is 10.2. The van der Waals surface area contributed by atoms with Gasteiger partial charge in [-0.2, -0.15) is 0 Å². The van der Waals surface area contributed by atoms with E-state index >= 15 is 0 Å². The van der Waals surface area contributed by atoms with Gasteiger partial charge in [-0.1, -0.05) is 54.9 Å². The molecule has 180 valence electrons. The lowest BCUT2D eigenvalue weighted by molar-refractivity contribution is -0.125. The Labute approximate surface area is 211 Å². The number of halogens is 1. The molecule has 1 aliphatic rings. The molecule has 0 aliphatic carbocycles. The summed E-state index contributed by atoms with van der Waals surface area (Å²) in [5, 5.41) is 4.12. The number of carbonyl (C=O) groups excluding carboxylic acids is 1. The van der Waals surface area contributed by atoms with Gasteiger partial charge in [0, 0.05) is 24.0 Å². The normalized spacial score (nSPS) is 16.1. The van der Waals surface area contributed by atoms with Crippen LogP contribution in [0, 0.1) is 12.8 Å². The molecule has 6 heteroatoms. The first-order valence-corrected chi connectivity index (χ1v) is 12.6. The molecule has 0 saturated heterocycles. The van der Waals surface area contributed by atoms with Crippen LogP contribution in [-0.4, -0.2) is 21.9 Å². The summed E-state index contributed by atoms with van der Waals surface area (Å²) in [6, 6.07) is 21.6. The first-order chi connectivity index (χ1) is 17.0. The number of imidazole rings is 1. The summed E-state index contributed by atoms with van der Waals surface area (Å²) in [5.74, 6) is 1.75. The van der Waals surface area contributed by atoms with Crippen molar-refractivity contribution < 1.29 is 9.53 Å². The van der Waals surface area contributed by atoms with E-state index in [4.69, 9.17) is 21.3 Å². The predicted octanol–water partition coefficient (Wildman–Crippen LogP) is 6.06. The van der Waals surface area contributed by atoms with Gasteiger partial charge in [0.25, 0.3) is 0 Å². The molecule has 0 amide bonds. The third-order valence-electron chi connectivity index (χ3n) is 6.91. The number of carbonyl (C=O) groups is 1. The predicted molar refractivity (Wildman–Crippen MR) is 140 cm³/mol. The number of ketones is 1. The zero-order chi connectivity index (χ0) is 24.4. The van der Waals surface area contributed by atoms with Gasteiger partial charge >= 0.3 is 0 Å². The minimum absolute atomic E-state index is 0.0917. The fraction of sp³-hybridized carbons (Fsp3) is 0.310. The lowest BCUT2D eigenvalue weighted by Gasteiger charge is -2.28. The molecule has 0 spiro atoms. The highest BCUT2D eigenvalue weighted by Gasteiger charge is 2.29. The molecule has 1 aromatic heterocycles. The lowest BCUT2D eigenvalue weighted by Crippen LogP contribution is -2.37. The third kappa shape index (κ3) is 4.97. The molecule has 3 aromatic carbocycles. The first-order valence-electron chi connectivity index (χ1n) is 12.2. The number of fused-ring (bicyclic) bond motifs is 2. The van der Waals surface area contributed by atoms with E-state index in [1.807, 2.05) is 37.3 Å². The van der Waals surface area contributed by atoms with E-state index < -0.39 is 0 Å². The van der Waals surface area contributed by atoms with Crippen molar-refractivity contribution in [2.45, 2.75) is 45.9 Å². The Hall–Kier alpha value is -3.15. The monoisotopic (exact) mass is 487 g/mol. The minimum atomic E-state index is -0.232. The molecular weight excluding hydrogens is 458 g/mol. The maximum Gasteiger partial charge on any atom is 0.157 e. The van der Waals surface area contributed by atoms with Crippen LogP contribution in [0.4, 0.5) is 0 Å². The topological polar surface area (TPSA) is 56.2 Å². The molecule has 0 fully saturated rings. The third-order valence-corrected chi connectivity index (χ3v) is 7.16. The molecule has 4 aromatic rings. The number of hydrogen-bond acceptors (Lipinski definition) is 4. The van der Waals surface area contributed by atoms with E-state index in [0.29, 0.717) is 18.2 Å². The van der Waals surface area contributed by atoms with Gasteiger partial charge in [-0.15, -0.1) is 0 Å². The second-order valence-electron chi connectivity index (χ2n) is 9.29. The molecule has 5 rings (SSSR count). The Kier molecular flexibility index (Phi) is 6.89. The van der Waals surface area contributed by atoms with Crippen LogP contribution in [0.25, 0.3) is 11.0 Å². The van der Waals surface area contributed by atoms with Crippen molar-refractivity contribution in [1.29, 1.82) is 0 Å². The van der Waals surface area contributed by atoms with Gasteiger partial charge in [0.05, 0.1) is 17.1 Å². The van der Waals surface area contributed by atoms with Gasteiger partial charge in [0.15, 0.2) is 5.78 Å². The maximum atomic E-state index is 13.4. The molecule has 2 heterocycles. The Balaban J connectivity index is 1.34. The number of aromatic nitrogens is 2. The molecule has 2 atom stereocenters. The van der Waals surface area contributed by atoms with Gasteiger partial charge in [0.1, 0.15) is 18.2 Å². The smallest absolute Gasteiger partial charge is 0.157 e. The van der Waals surface area contributed by atoms with Crippen molar-refractivity contribution >= 4 is 28.4 Å². The van der Waals surface area contributed by atoms with Crippen LogP contribution >= 0.6 is 11.6 Å². The van der Waals surface area contributed by atoms with E-state index in [0.717, 1.165) is 53.1 Å². The highest BCUT2D eigenvalue weighted by molar-refractivity contribution is 6.30. The molecule has 0 radical (unpaired) electrons. The molecular formula is C29H30ClN3O2. The molecule has 1 aliphatic heterocycles. The number of nitrogens with zero attached hydrogens (tertiary/aromatic N) is 2. The Morgan fingerprint density at radius 3 is 2.77 bits per heavy atom. The minimum Gasteiger partial charge on any atom is -0.486 e. The van der Waals surface area contributed by atoms with E-state index in [9.17, 15) is 4.79 Å². The molecule has 1 N–H and O–H groups in total. The van der Waals surface area contributed by atoms with Crippen molar-refractivity contribution in [1.82, 2.24) is 14.9 Å². The number of ether oxygens (including phenoxy) is 1. The van der Waals surface area contributed by atoms with Crippen molar-refractivity contribution in [3.8, 4) is 5.75 Å². The highest BCUT2D eigenvalue weighted by Crippen LogP contribution is 2.28. The molecule has 2 unspecified atom stereocenters. The zero-order valence-electron chi connectivity index (χ0n) is 20.1. The van der Waals surface area contributed by atoms with Crippen LogP contribution in [-0.2, 0) is 24.4 Å². The second-order valence-corrected chi connectivity index (χ2v) is 9.73. The van der Waals surface area contributed by atoms with Crippen LogP contribution < -0.4 is 10.1 Å². The van der Waals surface area contributed by atoms with Gasteiger partial charge in [-0.3, -0.25) is 4.79 Å². The largest absolute Gasteiger partial charge is 0.486 e. The summed E-state index contributed by atoms with van der Waals surface area (Å²) in [7, 11) is 0. The zero-order valence-corrected chi connectivity index (χ0v) is 20.9. The fourth-order valence-corrected chi connectivity index (χ4v) is 5.01. The summed E-state index contributed by atoms with van der Waals surface area (Å²) >= 11 is 6.00. The average molecular weight is 488 g/mol. The average Bonchev–Trinajstić information content (AvgIpc) is 3.25. The van der Waals surface area contributed by atoms with E-state index in [2.05, 4.69) is 53.2 Å². The highest BCUT2D eigenvalue weighted by atomic mass is 35.5. The summed E-state index contributed by atoms with van der Waals surface area (Å²) < 4.78 is 8.23. The van der Waals surface area contributed by atoms with Gasteiger partial charge in [0.2, 0.25) is 0 Å². The van der Waals surface area contributed by atoms with Gasteiger partial charge in [-0.05, 0) is 66.8 Å². The number of hydrogen-bond donors (Lipinski definition) is 1. The van der Waals surface area contributed by atoms with E-state index in [1.54, 1.807) is 0 Å². The quantitative estimate of drug-likeness (QED) is 0.328. The van der Waals surface area contributed by atoms with Crippen LogP contribution in [0.5, 0.6) is 5.75 Å². The summed E-state index contributed by atoms with van der Waals surface area (Å²) in [5.41, 5.74) is 5.57. The van der Waals surface area contributed by atoms with Crippen LogP contribution in [0.2, 0.25) is 5.02 Å². The van der Waals surface area contributed by atoms with E-state index in [-0.39, 0.29) is 17.7 Å². The number of rotatable bonds is 8. The van der Waals surface area contributed by atoms with Gasteiger partial charge < -0.3 is 14.6 Å². The molecule has 0 saturated carbocycles. The van der Waals surface area contributed by atoms with Crippen LogP contribution in [0.3, 0.4) is 0 Å².